The number of carbonyl (C=O) groups is 2. The van der Waals surface area contributed by atoms with Gasteiger partial charge in [0, 0.05) is 28.6 Å². The second-order valence-corrected chi connectivity index (χ2v) is 5.18. The molecule has 20 heavy (non-hydrogen) atoms. The molecule has 0 aliphatic heterocycles. The van der Waals surface area contributed by atoms with E-state index in [0.29, 0.717) is 22.0 Å². The van der Waals surface area contributed by atoms with Crippen LogP contribution >= 0.6 is 23.2 Å². The molecule has 0 heterocycles. The van der Waals surface area contributed by atoms with Crippen LogP contribution in [0.4, 0.5) is 0 Å². The number of hydrogen-bond acceptors (Lipinski definition) is 2. The van der Waals surface area contributed by atoms with Crippen LogP contribution in [0, 0.1) is 0 Å². The minimum atomic E-state index is -0.882. The molecular formula is C14H15Cl2NO3. The lowest BCUT2D eigenvalue weighted by Crippen LogP contribution is -2.31. The normalized spacial score (nSPS) is 12.3. The molecule has 0 fully saturated rings. The Morgan fingerprint density at radius 1 is 1.40 bits per heavy atom. The smallest absolute Gasteiger partial charge is 0.303 e. The highest BCUT2D eigenvalue weighted by Gasteiger charge is 2.07. The SMILES string of the molecule is CC(CCC(=O)O)NC(=O)C=Cc1cc(Cl)ccc1Cl. The zero-order valence-corrected chi connectivity index (χ0v) is 12.4. The summed E-state index contributed by atoms with van der Waals surface area (Å²) in [6.45, 7) is 1.75. The lowest BCUT2D eigenvalue weighted by Gasteiger charge is -2.10. The molecule has 1 aromatic carbocycles. The fourth-order valence-corrected chi connectivity index (χ4v) is 1.87. The first-order valence-electron chi connectivity index (χ1n) is 6.04. The molecule has 1 rings (SSSR count). The highest BCUT2D eigenvalue weighted by atomic mass is 35.5. The van der Waals surface area contributed by atoms with E-state index >= 15 is 0 Å². The van der Waals surface area contributed by atoms with Crippen LogP contribution in [0.25, 0.3) is 6.08 Å². The molecule has 0 aromatic heterocycles. The zero-order valence-electron chi connectivity index (χ0n) is 10.9. The molecule has 108 valence electrons. The van der Waals surface area contributed by atoms with Gasteiger partial charge < -0.3 is 10.4 Å². The van der Waals surface area contributed by atoms with Crippen molar-refractivity contribution in [1.82, 2.24) is 5.32 Å². The number of amides is 1. The van der Waals surface area contributed by atoms with E-state index in [9.17, 15) is 9.59 Å². The van der Waals surface area contributed by atoms with Gasteiger partial charge in [0.25, 0.3) is 0 Å². The van der Waals surface area contributed by atoms with Gasteiger partial charge in [0.05, 0.1) is 0 Å². The molecule has 0 saturated carbocycles. The Bertz CT molecular complexity index is 529. The topological polar surface area (TPSA) is 66.4 Å². The van der Waals surface area contributed by atoms with E-state index in [2.05, 4.69) is 5.32 Å². The van der Waals surface area contributed by atoms with Gasteiger partial charge in [0.2, 0.25) is 5.91 Å². The summed E-state index contributed by atoms with van der Waals surface area (Å²) in [5.41, 5.74) is 0.646. The van der Waals surface area contributed by atoms with Crippen LogP contribution in [0.5, 0.6) is 0 Å². The maximum atomic E-state index is 11.6. The summed E-state index contributed by atoms with van der Waals surface area (Å²) < 4.78 is 0. The van der Waals surface area contributed by atoms with Gasteiger partial charge in [-0.2, -0.15) is 0 Å². The molecule has 1 atom stereocenters. The van der Waals surface area contributed by atoms with Crippen molar-refractivity contribution in [3.05, 3.63) is 39.9 Å². The van der Waals surface area contributed by atoms with Crippen molar-refractivity contribution < 1.29 is 14.7 Å². The van der Waals surface area contributed by atoms with Crippen molar-refractivity contribution in [1.29, 1.82) is 0 Å². The van der Waals surface area contributed by atoms with Gasteiger partial charge in [-0.05, 0) is 43.2 Å². The number of carboxylic acids is 1. The lowest BCUT2D eigenvalue weighted by molar-refractivity contribution is -0.137. The third-order valence-electron chi connectivity index (χ3n) is 2.55. The van der Waals surface area contributed by atoms with E-state index in [1.165, 1.54) is 6.08 Å². The summed E-state index contributed by atoms with van der Waals surface area (Å²) in [7, 11) is 0. The quantitative estimate of drug-likeness (QED) is 0.791. The summed E-state index contributed by atoms with van der Waals surface area (Å²) in [4.78, 5) is 22.1. The van der Waals surface area contributed by atoms with Crippen molar-refractivity contribution in [3.63, 3.8) is 0 Å². The predicted octanol–water partition coefficient (Wildman–Crippen LogP) is 3.38. The van der Waals surface area contributed by atoms with E-state index in [-0.39, 0.29) is 18.4 Å². The third kappa shape index (κ3) is 6.08. The van der Waals surface area contributed by atoms with Crippen molar-refractivity contribution in [2.45, 2.75) is 25.8 Å². The third-order valence-corrected chi connectivity index (χ3v) is 3.13. The van der Waals surface area contributed by atoms with Crippen molar-refractivity contribution in [3.8, 4) is 0 Å². The summed E-state index contributed by atoms with van der Waals surface area (Å²) in [6.07, 6.45) is 3.31. The molecule has 4 nitrogen and oxygen atoms in total. The van der Waals surface area contributed by atoms with Gasteiger partial charge in [0.15, 0.2) is 0 Å². The minimum Gasteiger partial charge on any atom is -0.481 e. The molecule has 6 heteroatoms. The van der Waals surface area contributed by atoms with Crippen LogP contribution in [-0.4, -0.2) is 23.0 Å². The molecule has 0 saturated heterocycles. The van der Waals surface area contributed by atoms with Gasteiger partial charge in [-0.3, -0.25) is 9.59 Å². The van der Waals surface area contributed by atoms with Gasteiger partial charge in [0.1, 0.15) is 0 Å². The summed E-state index contributed by atoms with van der Waals surface area (Å²) in [6, 6.07) is 4.76. The van der Waals surface area contributed by atoms with Gasteiger partial charge >= 0.3 is 5.97 Å². The highest BCUT2D eigenvalue weighted by Crippen LogP contribution is 2.21. The van der Waals surface area contributed by atoms with Crippen LogP contribution in [0.2, 0.25) is 10.0 Å². The summed E-state index contributed by atoms with van der Waals surface area (Å²) in [5, 5.41) is 12.3. The first-order valence-corrected chi connectivity index (χ1v) is 6.79. The van der Waals surface area contributed by atoms with E-state index in [1.54, 1.807) is 31.2 Å². The van der Waals surface area contributed by atoms with Crippen LogP contribution in [0.15, 0.2) is 24.3 Å². The Morgan fingerprint density at radius 2 is 2.10 bits per heavy atom. The van der Waals surface area contributed by atoms with E-state index in [0.717, 1.165) is 0 Å². The minimum absolute atomic E-state index is 0.0191. The molecule has 0 aliphatic rings. The number of nitrogens with one attached hydrogen (secondary N) is 1. The van der Waals surface area contributed by atoms with Crippen molar-refractivity contribution >= 4 is 41.2 Å². The van der Waals surface area contributed by atoms with Crippen LogP contribution in [-0.2, 0) is 9.59 Å². The second kappa shape index (κ2) is 7.92. The van der Waals surface area contributed by atoms with E-state index in [4.69, 9.17) is 28.3 Å². The summed E-state index contributed by atoms with van der Waals surface area (Å²) in [5.74, 6) is -1.19. The molecular weight excluding hydrogens is 301 g/mol. The number of halogens is 2. The first-order chi connectivity index (χ1) is 9.38. The number of benzene rings is 1. The molecule has 0 aliphatic carbocycles. The maximum absolute atomic E-state index is 11.6. The number of aliphatic carboxylic acids is 1. The number of hydrogen-bond donors (Lipinski definition) is 2. The molecule has 0 bridgehead atoms. The average Bonchev–Trinajstić information content (AvgIpc) is 2.37. The van der Waals surface area contributed by atoms with Gasteiger partial charge in [-0.15, -0.1) is 0 Å². The second-order valence-electron chi connectivity index (χ2n) is 4.34. The lowest BCUT2D eigenvalue weighted by atomic mass is 10.1. The molecule has 0 spiro atoms. The highest BCUT2D eigenvalue weighted by molar-refractivity contribution is 6.34. The van der Waals surface area contributed by atoms with Gasteiger partial charge in [-0.1, -0.05) is 23.2 Å². The Morgan fingerprint density at radius 3 is 2.75 bits per heavy atom. The Kier molecular flexibility index (Phi) is 6.55. The Balaban J connectivity index is 2.55. The molecule has 1 amide bonds. The Hall–Kier alpha value is -1.52. The summed E-state index contributed by atoms with van der Waals surface area (Å²) >= 11 is 11.8. The fourth-order valence-electron chi connectivity index (χ4n) is 1.51. The van der Waals surface area contributed by atoms with Crippen LogP contribution in [0.3, 0.4) is 0 Å². The fraction of sp³-hybridized carbons (Fsp3) is 0.286. The number of carboxylic acid groups (broad SMARTS) is 1. The van der Waals surface area contributed by atoms with Crippen molar-refractivity contribution in [2.75, 3.05) is 0 Å². The maximum Gasteiger partial charge on any atom is 0.303 e. The molecule has 0 radical (unpaired) electrons. The standard InChI is InChI=1S/C14H15Cl2NO3/c1-9(2-7-14(19)20)17-13(18)6-3-10-8-11(15)4-5-12(10)16/h3-6,8-9H,2,7H2,1H3,(H,17,18)(H,19,20). The van der Waals surface area contributed by atoms with Gasteiger partial charge in [-0.25, -0.2) is 0 Å². The average molecular weight is 316 g/mol. The molecule has 2 N–H and O–H groups in total. The number of carbonyl (C=O) groups excluding carboxylic acids is 1. The predicted molar refractivity (Wildman–Crippen MR) is 80.0 cm³/mol. The largest absolute Gasteiger partial charge is 0.481 e. The monoisotopic (exact) mass is 315 g/mol. The van der Waals surface area contributed by atoms with E-state index < -0.39 is 5.97 Å². The number of rotatable bonds is 6. The Labute approximate surface area is 127 Å². The first kappa shape index (κ1) is 16.5. The van der Waals surface area contributed by atoms with E-state index in [1.807, 2.05) is 0 Å². The zero-order chi connectivity index (χ0) is 15.1. The molecule has 1 aromatic rings. The molecule has 1 unspecified atom stereocenters. The van der Waals surface area contributed by atoms with Crippen molar-refractivity contribution in [2.24, 2.45) is 0 Å². The van der Waals surface area contributed by atoms with Crippen LogP contribution < -0.4 is 5.32 Å². The van der Waals surface area contributed by atoms with Crippen LogP contribution in [0.1, 0.15) is 25.3 Å².